The summed E-state index contributed by atoms with van der Waals surface area (Å²) in [6.45, 7) is 6.04. The fourth-order valence-corrected chi connectivity index (χ4v) is 3.29. The summed E-state index contributed by atoms with van der Waals surface area (Å²) in [6, 6.07) is 7.66. The zero-order valence-electron chi connectivity index (χ0n) is 13.0. The zero-order valence-corrected chi connectivity index (χ0v) is 13.0. The number of fused-ring (bicyclic) bond motifs is 1. The number of hydrogen-bond donors (Lipinski definition) is 0. The molecule has 21 heavy (non-hydrogen) atoms. The van der Waals surface area contributed by atoms with Crippen molar-refractivity contribution in [1.29, 1.82) is 0 Å². The van der Waals surface area contributed by atoms with E-state index in [1.807, 2.05) is 45.0 Å². The Bertz CT molecular complexity index is 667. The molecule has 110 valence electrons. The summed E-state index contributed by atoms with van der Waals surface area (Å²) in [4.78, 5) is 17.4. The largest absolute Gasteiger partial charge is 0.321 e. The van der Waals surface area contributed by atoms with Crippen molar-refractivity contribution in [1.82, 2.24) is 9.55 Å². The zero-order chi connectivity index (χ0) is 15.0. The lowest BCUT2D eigenvalue weighted by molar-refractivity contribution is 0.0932. The van der Waals surface area contributed by atoms with Gasteiger partial charge < -0.3 is 4.57 Å². The second-order valence-corrected chi connectivity index (χ2v) is 6.04. The van der Waals surface area contributed by atoms with E-state index in [1.165, 1.54) is 29.8 Å². The Hall–Kier alpha value is -1.90. The summed E-state index contributed by atoms with van der Waals surface area (Å²) in [7, 11) is 0. The van der Waals surface area contributed by atoms with Crippen molar-refractivity contribution >= 4 is 5.78 Å². The highest BCUT2D eigenvalue weighted by atomic mass is 16.1. The van der Waals surface area contributed by atoms with Crippen LogP contribution in [0.15, 0.2) is 24.3 Å². The predicted molar refractivity (Wildman–Crippen MR) is 83.8 cm³/mol. The lowest BCUT2D eigenvalue weighted by atomic mass is 9.99. The Morgan fingerprint density at radius 2 is 1.81 bits per heavy atom. The lowest BCUT2D eigenvalue weighted by Crippen LogP contribution is -2.21. The van der Waals surface area contributed by atoms with Crippen LogP contribution in [0.25, 0.3) is 0 Å². The fraction of sp³-hybridized carbons (Fsp3) is 0.444. The second kappa shape index (κ2) is 5.47. The molecule has 1 aliphatic carbocycles. The van der Waals surface area contributed by atoms with E-state index >= 15 is 0 Å². The number of Topliss-reactive ketones (excluding diaryl/α,β-unsaturated/α-hetero) is 1. The van der Waals surface area contributed by atoms with Gasteiger partial charge in [-0.2, -0.15) is 0 Å². The molecular formula is C18H22N2O. The van der Waals surface area contributed by atoms with Crippen LogP contribution in [0.2, 0.25) is 0 Å². The number of benzene rings is 1. The minimum atomic E-state index is -0.179. The van der Waals surface area contributed by atoms with Gasteiger partial charge in [-0.1, -0.05) is 29.8 Å². The van der Waals surface area contributed by atoms with Crippen molar-refractivity contribution in [2.24, 2.45) is 0 Å². The SMILES string of the molecule is Cc1ccc(C(=O)C(C)n2c(C)nc3c2CCCC3)cc1. The average Bonchev–Trinajstić information content (AvgIpc) is 2.82. The van der Waals surface area contributed by atoms with Crippen molar-refractivity contribution < 1.29 is 4.79 Å². The van der Waals surface area contributed by atoms with Gasteiger partial charge in [0, 0.05) is 11.3 Å². The van der Waals surface area contributed by atoms with Crippen LogP contribution >= 0.6 is 0 Å². The molecule has 1 unspecified atom stereocenters. The third-order valence-electron chi connectivity index (χ3n) is 4.45. The Morgan fingerprint density at radius 3 is 2.52 bits per heavy atom. The molecule has 0 amide bonds. The molecule has 0 fully saturated rings. The average molecular weight is 282 g/mol. The molecule has 0 bridgehead atoms. The maximum Gasteiger partial charge on any atom is 0.185 e. The summed E-state index contributed by atoms with van der Waals surface area (Å²) >= 11 is 0. The third-order valence-corrected chi connectivity index (χ3v) is 4.45. The molecule has 0 aliphatic heterocycles. The van der Waals surface area contributed by atoms with Gasteiger partial charge in [0.2, 0.25) is 0 Å². The number of carbonyl (C=O) groups is 1. The molecule has 1 atom stereocenters. The van der Waals surface area contributed by atoms with E-state index in [-0.39, 0.29) is 11.8 Å². The molecule has 0 saturated carbocycles. The quantitative estimate of drug-likeness (QED) is 0.802. The lowest BCUT2D eigenvalue weighted by Gasteiger charge is -2.20. The fourth-order valence-electron chi connectivity index (χ4n) is 3.29. The van der Waals surface area contributed by atoms with E-state index in [1.54, 1.807) is 0 Å². The first-order valence-corrected chi connectivity index (χ1v) is 7.75. The van der Waals surface area contributed by atoms with Crippen LogP contribution in [-0.4, -0.2) is 15.3 Å². The molecule has 0 saturated heterocycles. The first kappa shape index (κ1) is 14.1. The van der Waals surface area contributed by atoms with Crippen LogP contribution in [-0.2, 0) is 12.8 Å². The molecule has 0 radical (unpaired) electrons. The maximum absolute atomic E-state index is 12.7. The topological polar surface area (TPSA) is 34.9 Å². The van der Waals surface area contributed by atoms with Crippen LogP contribution in [0.1, 0.15) is 58.9 Å². The van der Waals surface area contributed by atoms with Gasteiger partial charge in [0.15, 0.2) is 5.78 Å². The third kappa shape index (κ3) is 2.53. The van der Waals surface area contributed by atoms with Crippen molar-refractivity contribution in [2.75, 3.05) is 0 Å². The first-order valence-electron chi connectivity index (χ1n) is 7.75. The molecule has 3 nitrogen and oxygen atoms in total. The van der Waals surface area contributed by atoms with Gasteiger partial charge in [0.1, 0.15) is 5.82 Å². The highest BCUT2D eigenvalue weighted by molar-refractivity contribution is 5.98. The number of rotatable bonds is 3. The number of hydrogen-bond acceptors (Lipinski definition) is 2. The Balaban J connectivity index is 1.95. The number of aryl methyl sites for hydroxylation is 3. The standard InChI is InChI=1S/C18H22N2O/c1-12-8-10-15(11-9-12)18(21)13(2)20-14(3)19-16-6-4-5-7-17(16)20/h8-11,13H,4-7H2,1-3H3. The van der Waals surface area contributed by atoms with E-state index in [9.17, 15) is 4.79 Å². The van der Waals surface area contributed by atoms with Crippen molar-refractivity contribution in [3.05, 3.63) is 52.6 Å². The summed E-state index contributed by atoms with van der Waals surface area (Å²) < 4.78 is 2.15. The number of carbonyl (C=O) groups excluding carboxylic acids is 1. The Morgan fingerprint density at radius 1 is 1.14 bits per heavy atom. The molecule has 1 heterocycles. The van der Waals surface area contributed by atoms with Crippen molar-refractivity contribution in [2.45, 2.75) is 52.5 Å². The van der Waals surface area contributed by atoms with Crippen LogP contribution in [0.4, 0.5) is 0 Å². The molecule has 3 rings (SSSR count). The van der Waals surface area contributed by atoms with Gasteiger partial charge in [0.25, 0.3) is 0 Å². The molecular weight excluding hydrogens is 260 g/mol. The van der Waals surface area contributed by atoms with Crippen LogP contribution in [0, 0.1) is 13.8 Å². The van der Waals surface area contributed by atoms with Crippen LogP contribution in [0.3, 0.4) is 0 Å². The highest BCUT2D eigenvalue weighted by Gasteiger charge is 2.25. The number of ketones is 1. The molecule has 1 aromatic heterocycles. The van der Waals surface area contributed by atoms with Crippen molar-refractivity contribution in [3.63, 3.8) is 0 Å². The number of imidazole rings is 1. The highest BCUT2D eigenvalue weighted by Crippen LogP contribution is 2.27. The van der Waals surface area contributed by atoms with Gasteiger partial charge >= 0.3 is 0 Å². The van der Waals surface area contributed by atoms with Crippen LogP contribution in [0.5, 0.6) is 0 Å². The monoisotopic (exact) mass is 282 g/mol. The van der Waals surface area contributed by atoms with Gasteiger partial charge in [-0.25, -0.2) is 4.98 Å². The summed E-state index contributed by atoms with van der Waals surface area (Å²) in [5, 5.41) is 0. The minimum absolute atomic E-state index is 0.170. The second-order valence-electron chi connectivity index (χ2n) is 6.04. The smallest absolute Gasteiger partial charge is 0.185 e. The van der Waals surface area contributed by atoms with Gasteiger partial charge in [-0.3, -0.25) is 4.79 Å². The van der Waals surface area contributed by atoms with Gasteiger partial charge in [0.05, 0.1) is 11.7 Å². The predicted octanol–water partition coefficient (Wildman–Crippen LogP) is 3.82. The van der Waals surface area contributed by atoms with E-state index in [2.05, 4.69) is 9.55 Å². The van der Waals surface area contributed by atoms with Crippen LogP contribution < -0.4 is 0 Å². The summed E-state index contributed by atoms with van der Waals surface area (Å²) in [5.74, 6) is 1.14. The van der Waals surface area contributed by atoms with E-state index < -0.39 is 0 Å². The summed E-state index contributed by atoms with van der Waals surface area (Å²) in [5.41, 5.74) is 4.43. The molecule has 3 heteroatoms. The molecule has 2 aromatic rings. The van der Waals surface area contributed by atoms with E-state index in [4.69, 9.17) is 0 Å². The van der Waals surface area contributed by atoms with Gasteiger partial charge in [-0.05, 0) is 46.5 Å². The minimum Gasteiger partial charge on any atom is -0.321 e. The van der Waals surface area contributed by atoms with Crippen molar-refractivity contribution in [3.8, 4) is 0 Å². The van der Waals surface area contributed by atoms with E-state index in [0.717, 1.165) is 24.2 Å². The normalized spacial score (nSPS) is 15.6. The number of nitrogens with zero attached hydrogens (tertiary/aromatic N) is 2. The van der Waals surface area contributed by atoms with Gasteiger partial charge in [-0.15, -0.1) is 0 Å². The molecule has 0 spiro atoms. The maximum atomic E-state index is 12.7. The molecule has 1 aromatic carbocycles. The first-order chi connectivity index (χ1) is 10.1. The molecule has 1 aliphatic rings. The van der Waals surface area contributed by atoms with E-state index in [0.29, 0.717) is 0 Å². The summed E-state index contributed by atoms with van der Waals surface area (Å²) in [6.07, 6.45) is 4.50. The number of aromatic nitrogens is 2. The Labute approximate surface area is 126 Å². The molecule has 0 N–H and O–H groups in total. The Kier molecular flexibility index (Phi) is 3.66.